The Labute approximate surface area is 135 Å². The third kappa shape index (κ3) is 3.64. The summed E-state index contributed by atoms with van der Waals surface area (Å²) < 4.78 is 6.33. The number of carbonyl (C=O) groups is 2. The topological polar surface area (TPSA) is 119 Å². The van der Waals surface area contributed by atoms with E-state index in [0.717, 1.165) is 5.56 Å². The van der Waals surface area contributed by atoms with Crippen molar-refractivity contribution in [1.29, 1.82) is 0 Å². The molecule has 3 aromatic rings. The van der Waals surface area contributed by atoms with Crippen molar-refractivity contribution in [2.45, 2.75) is 13.2 Å². The van der Waals surface area contributed by atoms with Crippen molar-refractivity contribution in [3.05, 3.63) is 48.4 Å². The standard InChI is InChI=1S/C15H13N5O4/c21-12(22)7-20-6-11-13(16-9-17-14(11)19-20)18-15(23)24-8-10-4-2-1-3-5-10/h1-6,9H,7-8H2,(H,21,22)(H,16,17,18,19,23). The van der Waals surface area contributed by atoms with Crippen molar-refractivity contribution in [3.63, 3.8) is 0 Å². The maximum Gasteiger partial charge on any atom is 0.413 e. The van der Waals surface area contributed by atoms with Gasteiger partial charge in [-0.05, 0) is 5.56 Å². The van der Waals surface area contributed by atoms with Gasteiger partial charge >= 0.3 is 12.1 Å². The number of carboxylic acid groups (broad SMARTS) is 1. The SMILES string of the molecule is O=C(O)Cn1cc2c(NC(=O)OCc3ccccc3)ncnc2n1. The summed E-state index contributed by atoms with van der Waals surface area (Å²) in [5, 5.41) is 15.7. The molecule has 0 saturated heterocycles. The number of hydrogen-bond acceptors (Lipinski definition) is 6. The fourth-order valence-corrected chi connectivity index (χ4v) is 2.06. The van der Waals surface area contributed by atoms with Crippen LogP contribution < -0.4 is 5.32 Å². The first-order valence-electron chi connectivity index (χ1n) is 6.99. The van der Waals surface area contributed by atoms with E-state index in [4.69, 9.17) is 9.84 Å². The Morgan fingerprint density at radius 1 is 1.21 bits per heavy atom. The molecule has 3 rings (SSSR count). The summed E-state index contributed by atoms with van der Waals surface area (Å²) in [6, 6.07) is 9.25. The lowest BCUT2D eigenvalue weighted by molar-refractivity contribution is -0.137. The van der Waals surface area contributed by atoms with Crippen LogP contribution in [0.1, 0.15) is 5.56 Å². The van der Waals surface area contributed by atoms with Crippen LogP contribution in [0, 0.1) is 0 Å². The molecule has 0 unspecified atom stereocenters. The Balaban J connectivity index is 1.71. The highest BCUT2D eigenvalue weighted by Crippen LogP contribution is 2.18. The zero-order chi connectivity index (χ0) is 16.9. The molecule has 1 amide bonds. The molecule has 122 valence electrons. The smallest absolute Gasteiger partial charge is 0.413 e. The lowest BCUT2D eigenvalue weighted by Gasteiger charge is -2.06. The predicted molar refractivity (Wildman–Crippen MR) is 83.2 cm³/mol. The first-order valence-corrected chi connectivity index (χ1v) is 6.99. The molecule has 1 aromatic carbocycles. The summed E-state index contributed by atoms with van der Waals surface area (Å²) >= 11 is 0. The zero-order valence-corrected chi connectivity index (χ0v) is 12.4. The summed E-state index contributed by atoms with van der Waals surface area (Å²) in [6.07, 6.45) is 2.01. The molecule has 0 aliphatic rings. The van der Waals surface area contributed by atoms with Crippen molar-refractivity contribution in [3.8, 4) is 0 Å². The largest absolute Gasteiger partial charge is 0.480 e. The predicted octanol–water partition coefficient (Wildman–Crippen LogP) is 1.66. The summed E-state index contributed by atoms with van der Waals surface area (Å²) in [5.74, 6) is -0.831. The third-order valence-corrected chi connectivity index (χ3v) is 3.09. The number of carbonyl (C=O) groups excluding carboxylic acids is 1. The van der Waals surface area contributed by atoms with Gasteiger partial charge in [-0.2, -0.15) is 5.10 Å². The average molecular weight is 327 g/mol. The van der Waals surface area contributed by atoms with Crippen LogP contribution in [0.4, 0.5) is 10.6 Å². The fraction of sp³-hybridized carbons (Fsp3) is 0.133. The second kappa shape index (κ2) is 6.73. The summed E-state index contributed by atoms with van der Waals surface area (Å²) in [5.41, 5.74) is 1.14. The van der Waals surface area contributed by atoms with Gasteiger partial charge in [0.15, 0.2) is 5.65 Å². The van der Waals surface area contributed by atoms with Crippen molar-refractivity contribution in [2.24, 2.45) is 0 Å². The van der Waals surface area contributed by atoms with Crippen LogP contribution in [0.25, 0.3) is 11.0 Å². The van der Waals surface area contributed by atoms with Gasteiger partial charge in [-0.3, -0.25) is 14.8 Å². The molecule has 2 heterocycles. The third-order valence-electron chi connectivity index (χ3n) is 3.09. The molecule has 0 atom stereocenters. The molecule has 0 spiro atoms. The number of fused-ring (bicyclic) bond motifs is 1. The van der Waals surface area contributed by atoms with Crippen LogP contribution in [0.2, 0.25) is 0 Å². The van der Waals surface area contributed by atoms with E-state index in [1.807, 2.05) is 30.3 Å². The maximum atomic E-state index is 11.9. The Bertz CT molecular complexity index is 878. The summed E-state index contributed by atoms with van der Waals surface area (Å²) in [4.78, 5) is 30.6. The van der Waals surface area contributed by atoms with Gasteiger partial charge in [0, 0.05) is 6.20 Å². The normalized spacial score (nSPS) is 10.5. The number of hydrogen-bond donors (Lipinski definition) is 2. The van der Waals surface area contributed by atoms with E-state index in [1.165, 1.54) is 17.2 Å². The summed E-state index contributed by atoms with van der Waals surface area (Å²) in [6.45, 7) is -0.187. The number of anilines is 1. The molecule has 9 nitrogen and oxygen atoms in total. The van der Waals surface area contributed by atoms with E-state index in [-0.39, 0.29) is 24.6 Å². The highest BCUT2D eigenvalue weighted by molar-refractivity contribution is 5.95. The van der Waals surface area contributed by atoms with Crippen molar-refractivity contribution in [2.75, 3.05) is 5.32 Å². The molecule has 24 heavy (non-hydrogen) atoms. The molecule has 9 heteroatoms. The number of aliphatic carboxylic acids is 1. The van der Waals surface area contributed by atoms with E-state index in [1.54, 1.807) is 0 Å². The number of benzene rings is 1. The molecule has 0 aliphatic heterocycles. The quantitative estimate of drug-likeness (QED) is 0.731. The van der Waals surface area contributed by atoms with E-state index < -0.39 is 12.1 Å². The van der Waals surface area contributed by atoms with E-state index >= 15 is 0 Å². The van der Waals surface area contributed by atoms with Gasteiger partial charge in [-0.15, -0.1) is 0 Å². The van der Waals surface area contributed by atoms with E-state index in [9.17, 15) is 9.59 Å². The molecule has 2 N–H and O–H groups in total. The second-order valence-corrected chi connectivity index (χ2v) is 4.87. The maximum absolute atomic E-state index is 11.9. The van der Waals surface area contributed by atoms with Gasteiger partial charge in [0.25, 0.3) is 0 Å². The molecule has 0 radical (unpaired) electrons. The Kier molecular flexibility index (Phi) is 4.32. The fourth-order valence-electron chi connectivity index (χ4n) is 2.06. The van der Waals surface area contributed by atoms with Crippen LogP contribution in [0.15, 0.2) is 42.9 Å². The highest BCUT2D eigenvalue weighted by Gasteiger charge is 2.13. The van der Waals surface area contributed by atoms with E-state index in [0.29, 0.717) is 5.39 Å². The van der Waals surface area contributed by atoms with Crippen LogP contribution in [0.3, 0.4) is 0 Å². The molecular weight excluding hydrogens is 314 g/mol. The minimum absolute atomic E-state index is 0.124. The molecule has 0 bridgehead atoms. The van der Waals surface area contributed by atoms with Gasteiger partial charge < -0.3 is 9.84 Å². The lowest BCUT2D eigenvalue weighted by Crippen LogP contribution is -2.14. The van der Waals surface area contributed by atoms with Crippen molar-refractivity contribution >= 4 is 28.9 Å². The van der Waals surface area contributed by atoms with Crippen LogP contribution >= 0.6 is 0 Å². The minimum atomic E-state index is -1.03. The van der Waals surface area contributed by atoms with Gasteiger partial charge in [-0.1, -0.05) is 30.3 Å². The van der Waals surface area contributed by atoms with Crippen molar-refractivity contribution in [1.82, 2.24) is 19.7 Å². The number of ether oxygens (including phenoxy) is 1. The number of aromatic nitrogens is 4. The Morgan fingerprint density at radius 2 is 2.00 bits per heavy atom. The number of carboxylic acids is 1. The van der Waals surface area contributed by atoms with Gasteiger partial charge in [0.2, 0.25) is 0 Å². The molecular formula is C15H13N5O4. The Hall–Kier alpha value is -3.49. The number of rotatable bonds is 5. The molecule has 2 aromatic heterocycles. The number of amides is 1. The second-order valence-electron chi connectivity index (χ2n) is 4.87. The lowest BCUT2D eigenvalue weighted by atomic mass is 10.2. The van der Waals surface area contributed by atoms with Crippen LogP contribution in [-0.4, -0.2) is 36.9 Å². The zero-order valence-electron chi connectivity index (χ0n) is 12.4. The van der Waals surface area contributed by atoms with Crippen LogP contribution in [-0.2, 0) is 22.7 Å². The highest BCUT2D eigenvalue weighted by atomic mass is 16.5. The molecule has 0 fully saturated rings. The monoisotopic (exact) mass is 327 g/mol. The minimum Gasteiger partial charge on any atom is -0.480 e. The number of nitrogens with zero attached hydrogens (tertiary/aromatic N) is 4. The van der Waals surface area contributed by atoms with Crippen molar-refractivity contribution < 1.29 is 19.4 Å². The summed E-state index contributed by atoms with van der Waals surface area (Å²) in [7, 11) is 0. The molecule has 0 aliphatic carbocycles. The Morgan fingerprint density at radius 3 is 2.75 bits per heavy atom. The molecule has 0 saturated carbocycles. The van der Waals surface area contributed by atoms with Crippen LogP contribution in [0.5, 0.6) is 0 Å². The first kappa shape index (κ1) is 15.4. The van der Waals surface area contributed by atoms with Gasteiger partial charge in [0.05, 0.1) is 5.39 Å². The number of nitrogens with one attached hydrogen (secondary N) is 1. The van der Waals surface area contributed by atoms with Gasteiger partial charge in [-0.25, -0.2) is 14.8 Å². The van der Waals surface area contributed by atoms with Gasteiger partial charge in [0.1, 0.15) is 25.3 Å². The van der Waals surface area contributed by atoms with E-state index in [2.05, 4.69) is 20.4 Å². The first-order chi connectivity index (χ1) is 11.6. The average Bonchev–Trinajstić information content (AvgIpc) is 2.96.